The molecule has 0 aliphatic rings. The maximum Gasteiger partial charge on any atom is 0.153 e. The van der Waals surface area contributed by atoms with Crippen LogP contribution in [-0.4, -0.2) is 26.2 Å². The first-order valence-electron chi connectivity index (χ1n) is 5.19. The number of pyridine rings is 1. The first kappa shape index (κ1) is 10.9. The molecule has 0 aromatic carbocycles. The molecule has 0 aliphatic carbocycles. The van der Waals surface area contributed by atoms with Gasteiger partial charge in [-0.15, -0.1) is 0 Å². The molecule has 0 fully saturated rings. The van der Waals surface area contributed by atoms with Gasteiger partial charge in [0.05, 0.1) is 16.6 Å². The van der Waals surface area contributed by atoms with Crippen LogP contribution in [0.3, 0.4) is 0 Å². The fourth-order valence-electron chi connectivity index (χ4n) is 1.85. The second-order valence-corrected chi connectivity index (χ2v) is 4.04. The lowest BCUT2D eigenvalue weighted by atomic mass is 10.1. The molecule has 3 rings (SSSR count). The number of aromatic nitrogens is 4. The molecule has 0 saturated carbocycles. The molecule has 0 atom stereocenters. The van der Waals surface area contributed by atoms with Crippen LogP contribution in [0.25, 0.3) is 22.3 Å². The molecular formula is C12H7ClN4O. The minimum Gasteiger partial charge on any atom is -0.330 e. The zero-order valence-corrected chi connectivity index (χ0v) is 9.85. The number of H-pyrrole nitrogens is 1. The molecule has 0 bridgehead atoms. The van der Waals surface area contributed by atoms with E-state index in [2.05, 4.69) is 19.9 Å². The van der Waals surface area contributed by atoms with Gasteiger partial charge in [0.2, 0.25) is 0 Å². The summed E-state index contributed by atoms with van der Waals surface area (Å²) in [5, 5.41) is 0.885. The Morgan fingerprint density at radius 2 is 2.22 bits per heavy atom. The highest BCUT2D eigenvalue weighted by molar-refractivity contribution is 6.34. The lowest BCUT2D eigenvalue weighted by Gasteiger charge is -2.01. The standard InChI is InChI=1S/C12H7ClN4O/c13-11-8(5-18)9-10(7-2-1-3-14-4-7)15-6-16-12(9)17-11/h1-6H,(H,15,16,17). The number of hydrogen-bond acceptors (Lipinski definition) is 4. The Hall–Kier alpha value is -2.27. The molecule has 3 aromatic rings. The SMILES string of the molecule is O=Cc1c(Cl)[nH]c2ncnc(-c3cccnc3)c12. The average Bonchev–Trinajstić information content (AvgIpc) is 2.74. The van der Waals surface area contributed by atoms with E-state index >= 15 is 0 Å². The largest absolute Gasteiger partial charge is 0.330 e. The topological polar surface area (TPSA) is 71.5 Å². The van der Waals surface area contributed by atoms with Crippen LogP contribution in [-0.2, 0) is 0 Å². The Morgan fingerprint density at radius 1 is 1.33 bits per heavy atom. The van der Waals surface area contributed by atoms with Gasteiger partial charge in [0.15, 0.2) is 6.29 Å². The van der Waals surface area contributed by atoms with Crippen molar-refractivity contribution in [2.24, 2.45) is 0 Å². The lowest BCUT2D eigenvalue weighted by Crippen LogP contribution is -1.89. The third-order valence-corrected chi connectivity index (χ3v) is 2.93. The van der Waals surface area contributed by atoms with Gasteiger partial charge in [-0.2, -0.15) is 0 Å². The Bertz CT molecular complexity index is 724. The average molecular weight is 259 g/mol. The molecule has 0 spiro atoms. The lowest BCUT2D eigenvalue weighted by molar-refractivity contribution is 0.112. The van der Waals surface area contributed by atoms with Gasteiger partial charge in [-0.3, -0.25) is 9.78 Å². The molecule has 0 unspecified atom stereocenters. The van der Waals surface area contributed by atoms with Crippen LogP contribution in [0.4, 0.5) is 0 Å². The van der Waals surface area contributed by atoms with Crippen molar-refractivity contribution >= 4 is 28.9 Å². The van der Waals surface area contributed by atoms with Crippen molar-refractivity contribution in [2.45, 2.75) is 0 Å². The Kier molecular flexibility index (Phi) is 2.53. The van der Waals surface area contributed by atoms with Gasteiger partial charge in [-0.25, -0.2) is 9.97 Å². The third kappa shape index (κ3) is 1.56. The number of carbonyl (C=O) groups excluding carboxylic acids is 1. The van der Waals surface area contributed by atoms with E-state index < -0.39 is 0 Å². The first-order chi connectivity index (χ1) is 8.81. The minimum atomic E-state index is 0.269. The number of nitrogens with zero attached hydrogens (tertiary/aromatic N) is 3. The Morgan fingerprint density at radius 3 is 2.94 bits per heavy atom. The van der Waals surface area contributed by atoms with Crippen molar-refractivity contribution in [1.29, 1.82) is 0 Å². The van der Waals surface area contributed by atoms with Gasteiger partial charge >= 0.3 is 0 Å². The summed E-state index contributed by atoms with van der Waals surface area (Å²) in [6.45, 7) is 0. The monoisotopic (exact) mass is 258 g/mol. The molecule has 6 heteroatoms. The van der Waals surface area contributed by atoms with E-state index in [0.717, 1.165) is 5.56 Å². The van der Waals surface area contributed by atoms with Crippen LogP contribution in [0.15, 0.2) is 30.9 Å². The number of nitrogens with one attached hydrogen (secondary N) is 1. The van der Waals surface area contributed by atoms with Crippen LogP contribution in [0.1, 0.15) is 10.4 Å². The number of fused-ring (bicyclic) bond motifs is 1. The third-order valence-electron chi connectivity index (χ3n) is 2.63. The molecule has 0 saturated heterocycles. The van der Waals surface area contributed by atoms with E-state index in [0.29, 0.717) is 28.6 Å². The van der Waals surface area contributed by atoms with Crippen LogP contribution in [0, 0.1) is 0 Å². The molecule has 5 nitrogen and oxygen atoms in total. The zero-order chi connectivity index (χ0) is 12.5. The smallest absolute Gasteiger partial charge is 0.153 e. The Balaban J connectivity index is 2.40. The van der Waals surface area contributed by atoms with Crippen LogP contribution in [0.2, 0.25) is 5.15 Å². The molecule has 0 radical (unpaired) electrons. The summed E-state index contributed by atoms with van der Waals surface area (Å²) in [5.41, 5.74) is 2.35. The van der Waals surface area contributed by atoms with Crippen molar-refractivity contribution in [3.63, 3.8) is 0 Å². The van der Waals surface area contributed by atoms with E-state index in [-0.39, 0.29) is 5.15 Å². The van der Waals surface area contributed by atoms with E-state index in [4.69, 9.17) is 11.6 Å². The minimum absolute atomic E-state index is 0.269. The molecule has 88 valence electrons. The van der Waals surface area contributed by atoms with E-state index in [9.17, 15) is 4.79 Å². The molecule has 1 N–H and O–H groups in total. The fourth-order valence-corrected chi connectivity index (χ4v) is 2.08. The molecule has 0 aliphatic heterocycles. The number of rotatable bonds is 2. The summed E-state index contributed by atoms with van der Waals surface area (Å²) in [5.74, 6) is 0. The predicted molar refractivity (Wildman–Crippen MR) is 67.5 cm³/mol. The summed E-state index contributed by atoms with van der Waals surface area (Å²) >= 11 is 5.96. The highest BCUT2D eigenvalue weighted by Gasteiger charge is 2.16. The van der Waals surface area contributed by atoms with Gasteiger partial charge in [0.25, 0.3) is 0 Å². The molecule has 18 heavy (non-hydrogen) atoms. The maximum atomic E-state index is 11.1. The highest BCUT2D eigenvalue weighted by Crippen LogP contribution is 2.30. The second-order valence-electron chi connectivity index (χ2n) is 3.66. The van der Waals surface area contributed by atoms with E-state index in [1.165, 1.54) is 6.33 Å². The van der Waals surface area contributed by atoms with Crippen LogP contribution < -0.4 is 0 Å². The van der Waals surface area contributed by atoms with Gasteiger partial charge in [0.1, 0.15) is 17.1 Å². The number of hydrogen-bond donors (Lipinski definition) is 1. The summed E-state index contributed by atoms with van der Waals surface area (Å²) in [6, 6.07) is 3.67. The Labute approximate surface area is 107 Å². The van der Waals surface area contributed by atoms with Gasteiger partial charge in [-0.1, -0.05) is 11.6 Å². The maximum absolute atomic E-state index is 11.1. The number of carbonyl (C=O) groups is 1. The van der Waals surface area contributed by atoms with Crippen molar-refractivity contribution in [2.75, 3.05) is 0 Å². The summed E-state index contributed by atoms with van der Waals surface area (Å²) in [7, 11) is 0. The first-order valence-corrected chi connectivity index (χ1v) is 5.57. The van der Waals surface area contributed by atoms with E-state index in [1.54, 1.807) is 18.5 Å². The summed E-state index contributed by atoms with van der Waals surface area (Å²) < 4.78 is 0. The number of aldehydes is 1. The van der Waals surface area contributed by atoms with E-state index in [1.807, 2.05) is 6.07 Å². The van der Waals surface area contributed by atoms with Gasteiger partial charge in [0, 0.05) is 18.0 Å². The highest BCUT2D eigenvalue weighted by atomic mass is 35.5. The van der Waals surface area contributed by atoms with Gasteiger partial charge < -0.3 is 4.98 Å². The van der Waals surface area contributed by atoms with Crippen molar-refractivity contribution in [3.05, 3.63) is 41.6 Å². The van der Waals surface area contributed by atoms with Crippen molar-refractivity contribution < 1.29 is 4.79 Å². The van der Waals surface area contributed by atoms with Crippen LogP contribution in [0.5, 0.6) is 0 Å². The number of aromatic amines is 1. The quantitative estimate of drug-likeness (QED) is 0.717. The molecular weight excluding hydrogens is 252 g/mol. The predicted octanol–water partition coefficient (Wildman–Crippen LogP) is 2.49. The number of halogens is 1. The van der Waals surface area contributed by atoms with Crippen molar-refractivity contribution in [3.8, 4) is 11.3 Å². The van der Waals surface area contributed by atoms with Crippen molar-refractivity contribution in [1.82, 2.24) is 19.9 Å². The zero-order valence-electron chi connectivity index (χ0n) is 9.09. The summed E-state index contributed by atoms with van der Waals surface area (Å²) in [4.78, 5) is 26.3. The second kappa shape index (κ2) is 4.19. The molecule has 3 aromatic heterocycles. The summed E-state index contributed by atoms with van der Waals surface area (Å²) in [6.07, 6.45) is 5.47. The fraction of sp³-hybridized carbons (Fsp3) is 0. The van der Waals surface area contributed by atoms with Crippen LogP contribution >= 0.6 is 11.6 Å². The normalized spacial score (nSPS) is 10.7. The van der Waals surface area contributed by atoms with Gasteiger partial charge in [-0.05, 0) is 12.1 Å². The molecule has 0 amide bonds. The molecule has 3 heterocycles.